The first kappa shape index (κ1) is 22.1. The molecule has 166 valence electrons. The Hall–Kier alpha value is -1.10. The largest absolute Gasteiger partial charge is 0.459 e. The van der Waals surface area contributed by atoms with Gasteiger partial charge in [0.2, 0.25) is 0 Å². The minimum absolute atomic E-state index is 0.0796. The number of allylic oxidation sites excluding steroid dienone is 4. The Morgan fingerprint density at radius 2 is 2.03 bits per heavy atom. The van der Waals surface area contributed by atoms with Crippen molar-refractivity contribution in [1.82, 2.24) is 0 Å². The molecule has 0 bridgehead atoms. The number of rotatable bonds is 4. The SMILES string of the molecule is CCCC[C@@]1(S)CC[C@H]2[C@@H]3CCC4=CC(=O)C=C[C@]4(C)[C@@]3(F)[C@@H](OC(C)=O)C[C@@]21C. The van der Waals surface area contributed by atoms with E-state index in [9.17, 15) is 9.59 Å². The van der Waals surface area contributed by atoms with E-state index in [0.717, 1.165) is 44.1 Å². The number of carbonyl (C=O) groups is 2. The van der Waals surface area contributed by atoms with E-state index in [4.69, 9.17) is 17.4 Å². The lowest BCUT2D eigenvalue weighted by Gasteiger charge is -2.63. The molecule has 0 N–H and O–H groups in total. The van der Waals surface area contributed by atoms with Gasteiger partial charge in [0, 0.05) is 23.0 Å². The molecule has 7 atom stereocenters. The van der Waals surface area contributed by atoms with Gasteiger partial charge in [0.15, 0.2) is 11.5 Å². The Bertz CT molecular complexity index is 821. The van der Waals surface area contributed by atoms with E-state index >= 15 is 4.39 Å². The van der Waals surface area contributed by atoms with Crippen molar-refractivity contribution in [3.8, 4) is 0 Å². The number of esters is 1. The fourth-order valence-electron chi connectivity index (χ4n) is 7.48. The van der Waals surface area contributed by atoms with Gasteiger partial charge in [-0.2, -0.15) is 12.6 Å². The molecule has 30 heavy (non-hydrogen) atoms. The Kier molecular flexibility index (Phi) is 5.32. The molecule has 3 saturated carbocycles. The molecular formula is C25H35FO3S. The highest BCUT2D eigenvalue weighted by atomic mass is 32.1. The number of ketones is 1. The number of ether oxygens (including phenoxy) is 1. The first-order chi connectivity index (χ1) is 14.0. The van der Waals surface area contributed by atoms with Gasteiger partial charge in [-0.25, -0.2) is 4.39 Å². The van der Waals surface area contributed by atoms with Gasteiger partial charge in [0.1, 0.15) is 6.10 Å². The number of thiol groups is 1. The summed E-state index contributed by atoms with van der Waals surface area (Å²) in [5.41, 5.74) is -1.97. The van der Waals surface area contributed by atoms with Crippen molar-refractivity contribution in [3.63, 3.8) is 0 Å². The zero-order chi connectivity index (χ0) is 21.9. The van der Waals surface area contributed by atoms with E-state index in [1.807, 2.05) is 6.92 Å². The van der Waals surface area contributed by atoms with Crippen LogP contribution in [-0.2, 0) is 14.3 Å². The van der Waals surface area contributed by atoms with E-state index in [1.165, 1.54) is 13.0 Å². The maximum Gasteiger partial charge on any atom is 0.303 e. The molecular weight excluding hydrogens is 399 g/mol. The average Bonchev–Trinajstić information content (AvgIpc) is 2.93. The summed E-state index contributed by atoms with van der Waals surface area (Å²) in [6.45, 7) is 7.71. The molecule has 3 nitrogen and oxygen atoms in total. The van der Waals surface area contributed by atoms with Crippen LogP contribution in [0.2, 0.25) is 0 Å². The number of unbranched alkanes of at least 4 members (excludes halogenated alkanes) is 1. The lowest BCUT2D eigenvalue weighted by Crippen LogP contribution is -2.68. The van der Waals surface area contributed by atoms with Gasteiger partial charge < -0.3 is 4.74 Å². The Morgan fingerprint density at radius 3 is 2.70 bits per heavy atom. The van der Waals surface area contributed by atoms with Crippen LogP contribution in [0.25, 0.3) is 0 Å². The summed E-state index contributed by atoms with van der Waals surface area (Å²) in [7, 11) is 0. The molecule has 5 heteroatoms. The number of carbonyl (C=O) groups excluding carboxylic acids is 2. The van der Waals surface area contributed by atoms with Crippen molar-refractivity contribution in [1.29, 1.82) is 0 Å². The standard InChI is InChI=1S/C25H35FO3S/c1-5-6-11-24(30)13-10-19-20-8-7-17-14-18(28)9-12-22(17,3)25(20,26)21(29-16(2)27)15-23(19,24)4/h9,12,14,19-21,30H,5-8,10-11,13,15H2,1-4H3/t19-,20-,21-,22-,23-,24+,25-/m0/s1. The second-order valence-corrected chi connectivity index (χ2v) is 11.4. The van der Waals surface area contributed by atoms with Gasteiger partial charge in [0.25, 0.3) is 0 Å². The Balaban J connectivity index is 1.82. The predicted molar refractivity (Wildman–Crippen MR) is 119 cm³/mol. The molecule has 0 spiro atoms. The first-order valence-corrected chi connectivity index (χ1v) is 12.0. The van der Waals surface area contributed by atoms with E-state index in [1.54, 1.807) is 12.2 Å². The van der Waals surface area contributed by atoms with Crippen molar-refractivity contribution >= 4 is 24.4 Å². The number of fused-ring (bicyclic) bond motifs is 5. The number of hydrogen-bond acceptors (Lipinski definition) is 4. The summed E-state index contributed by atoms with van der Waals surface area (Å²) in [6, 6.07) is 0. The van der Waals surface area contributed by atoms with Crippen molar-refractivity contribution < 1.29 is 18.7 Å². The van der Waals surface area contributed by atoms with Gasteiger partial charge in [-0.3, -0.25) is 9.59 Å². The molecule has 0 aromatic carbocycles. The molecule has 4 aliphatic rings. The van der Waals surface area contributed by atoms with Crippen LogP contribution in [-0.4, -0.2) is 28.3 Å². The van der Waals surface area contributed by atoms with E-state index < -0.39 is 23.2 Å². The Morgan fingerprint density at radius 1 is 1.30 bits per heavy atom. The zero-order valence-corrected chi connectivity index (χ0v) is 19.6. The highest BCUT2D eigenvalue weighted by molar-refractivity contribution is 7.81. The van der Waals surface area contributed by atoms with Gasteiger partial charge >= 0.3 is 5.97 Å². The zero-order valence-electron chi connectivity index (χ0n) is 18.7. The summed E-state index contributed by atoms with van der Waals surface area (Å²) in [5, 5.41) is 0. The molecule has 0 aromatic heterocycles. The van der Waals surface area contributed by atoms with Crippen LogP contribution in [0.4, 0.5) is 4.39 Å². The van der Waals surface area contributed by atoms with E-state index in [-0.39, 0.29) is 27.8 Å². The topological polar surface area (TPSA) is 43.4 Å². The minimum atomic E-state index is -1.71. The summed E-state index contributed by atoms with van der Waals surface area (Å²) < 4.78 is 23.1. The summed E-state index contributed by atoms with van der Waals surface area (Å²) in [5.74, 6) is -0.530. The Labute approximate surface area is 185 Å². The number of hydrogen-bond donors (Lipinski definition) is 1. The molecule has 0 saturated heterocycles. The number of alkyl halides is 1. The lowest BCUT2D eigenvalue weighted by atomic mass is 9.45. The fourth-order valence-corrected chi connectivity index (χ4v) is 8.02. The van der Waals surface area contributed by atoms with Crippen LogP contribution in [0, 0.1) is 22.7 Å². The monoisotopic (exact) mass is 434 g/mol. The van der Waals surface area contributed by atoms with Crippen LogP contribution >= 0.6 is 12.6 Å². The van der Waals surface area contributed by atoms with Crippen molar-refractivity contribution in [2.75, 3.05) is 0 Å². The second kappa shape index (κ2) is 7.21. The molecule has 0 unspecified atom stereocenters. The van der Waals surface area contributed by atoms with Gasteiger partial charge in [0.05, 0.1) is 0 Å². The van der Waals surface area contributed by atoms with Crippen LogP contribution in [0.1, 0.15) is 79.1 Å². The van der Waals surface area contributed by atoms with Gasteiger partial charge in [-0.15, -0.1) is 0 Å². The molecule has 4 aliphatic carbocycles. The van der Waals surface area contributed by atoms with E-state index in [2.05, 4.69) is 13.8 Å². The van der Waals surface area contributed by atoms with Crippen LogP contribution in [0.3, 0.4) is 0 Å². The average molecular weight is 435 g/mol. The van der Waals surface area contributed by atoms with Gasteiger partial charge in [-0.05, 0) is 68.9 Å². The van der Waals surface area contributed by atoms with Crippen molar-refractivity contribution in [3.05, 3.63) is 23.8 Å². The molecule has 0 amide bonds. The normalized spacial score (nSPS) is 47.2. The fraction of sp³-hybridized carbons (Fsp3) is 0.760. The third kappa shape index (κ3) is 2.83. The third-order valence-corrected chi connectivity index (χ3v) is 10.1. The van der Waals surface area contributed by atoms with Gasteiger partial charge in [-0.1, -0.05) is 38.3 Å². The minimum Gasteiger partial charge on any atom is -0.459 e. The molecule has 0 aromatic rings. The summed E-state index contributed by atoms with van der Waals surface area (Å²) in [4.78, 5) is 24.1. The molecule has 0 heterocycles. The molecule has 0 radical (unpaired) electrons. The smallest absolute Gasteiger partial charge is 0.303 e. The first-order valence-electron chi connectivity index (χ1n) is 11.5. The summed E-state index contributed by atoms with van der Waals surface area (Å²) in [6.07, 6.45) is 11.1. The van der Waals surface area contributed by atoms with Crippen molar-refractivity contribution in [2.45, 2.75) is 95.6 Å². The summed E-state index contributed by atoms with van der Waals surface area (Å²) >= 11 is 5.23. The van der Waals surface area contributed by atoms with Crippen LogP contribution in [0.15, 0.2) is 23.8 Å². The van der Waals surface area contributed by atoms with Crippen molar-refractivity contribution in [2.24, 2.45) is 22.7 Å². The van der Waals surface area contributed by atoms with Crippen LogP contribution < -0.4 is 0 Å². The lowest BCUT2D eigenvalue weighted by molar-refractivity contribution is -0.211. The quantitative estimate of drug-likeness (QED) is 0.450. The maximum absolute atomic E-state index is 17.5. The highest BCUT2D eigenvalue weighted by Gasteiger charge is 2.73. The highest BCUT2D eigenvalue weighted by Crippen LogP contribution is 2.71. The molecule has 3 fully saturated rings. The third-order valence-electron chi connectivity index (χ3n) is 9.19. The van der Waals surface area contributed by atoms with Crippen LogP contribution in [0.5, 0.6) is 0 Å². The molecule has 4 rings (SSSR count). The second-order valence-electron chi connectivity index (χ2n) is 10.5. The number of halogens is 1. The maximum atomic E-state index is 17.5. The molecule has 0 aliphatic heterocycles. The predicted octanol–water partition coefficient (Wildman–Crippen LogP) is 5.79. The van der Waals surface area contributed by atoms with E-state index in [0.29, 0.717) is 12.8 Å².